The monoisotopic (exact) mass is 374 g/mol. The number of unbranched alkanes of at least 4 members (excludes halogenated alkanes) is 2. The predicted octanol–water partition coefficient (Wildman–Crippen LogP) is 3.21. The summed E-state index contributed by atoms with van der Waals surface area (Å²) in [7, 11) is 1.40. The van der Waals surface area contributed by atoms with Crippen LogP contribution in [0.25, 0.3) is 10.8 Å². The van der Waals surface area contributed by atoms with E-state index in [4.69, 9.17) is 14.2 Å². The Hall–Kier alpha value is -2.28. The maximum Gasteiger partial charge on any atom is 0.336 e. The molecule has 0 bridgehead atoms. The Morgan fingerprint density at radius 1 is 1.07 bits per heavy atom. The number of fused-ring (bicyclic) bond motifs is 1. The Kier molecular flexibility index (Phi) is 8.91. The van der Waals surface area contributed by atoms with Crippen LogP contribution < -0.4 is 0 Å². The van der Waals surface area contributed by atoms with Crippen molar-refractivity contribution in [2.75, 3.05) is 20.5 Å². The Balaban J connectivity index is 1.71. The van der Waals surface area contributed by atoms with E-state index in [1.807, 2.05) is 12.1 Å². The third-order valence-electron chi connectivity index (χ3n) is 4.28. The first-order chi connectivity index (χ1) is 13.2. The molecule has 2 aromatic carbocycles. The molecule has 0 saturated heterocycles. The van der Waals surface area contributed by atoms with Gasteiger partial charge in [-0.3, -0.25) is 0 Å². The molecule has 0 spiro atoms. The van der Waals surface area contributed by atoms with Gasteiger partial charge < -0.3 is 24.1 Å². The van der Waals surface area contributed by atoms with E-state index in [1.54, 1.807) is 0 Å². The fourth-order valence-electron chi connectivity index (χ4n) is 2.86. The van der Waals surface area contributed by atoms with Gasteiger partial charge >= 0.3 is 5.97 Å². The molecule has 0 heterocycles. The minimum absolute atomic E-state index is 0.164. The number of aldehydes is 1. The molecule has 0 aromatic heterocycles. The minimum Gasteiger partial charge on any atom is -0.479 e. The highest BCUT2D eigenvalue weighted by atomic mass is 16.7. The molecule has 0 aliphatic heterocycles. The van der Waals surface area contributed by atoms with Crippen LogP contribution >= 0.6 is 0 Å². The molecule has 6 nitrogen and oxygen atoms in total. The zero-order chi connectivity index (χ0) is 19.5. The lowest BCUT2D eigenvalue weighted by Gasteiger charge is -2.19. The summed E-state index contributed by atoms with van der Waals surface area (Å²) in [5.74, 6) is -1.22. The van der Waals surface area contributed by atoms with E-state index in [1.165, 1.54) is 23.4 Å². The molecule has 6 heteroatoms. The highest BCUT2D eigenvalue weighted by molar-refractivity contribution is 5.83. The van der Waals surface area contributed by atoms with Gasteiger partial charge in [0.15, 0.2) is 18.5 Å². The number of hydrogen-bond acceptors (Lipinski definition) is 5. The van der Waals surface area contributed by atoms with Crippen LogP contribution in [0.15, 0.2) is 42.5 Å². The lowest BCUT2D eigenvalue weighted by atomic mass is 10.0. The summed E-state index contributed by atoms with van der Waals surface area (Å²) in [6.07, 6.45) is 1.49. The molecule has 0 fully saturated rings. The Morgan fingerprint density at radius 3 is 2.56 bits per heavy atom. The van der Waals surface area contributed by atoms with Crippen molar-refractivity contribution in [1.82, 2.24) is 0 Å². The largest absolute Gasteiger partial charge is 0.479 e. The van der Waals surface area contributed by atoms with E-state index in [2.05, 4.69) is 30.3 Å². The third-order valence-corrected chi connectivity index (χ3v) is 4.28. The van der Waals surface area contributed by atoms with E-state index in [0.29, 0.717) is 12.7 Å². The molecule has 2 atom stereocenters. The number of carboxylic acid groups (broad SMARTS) is 1. The zero-order valence-electron chi connectivity index (χ0n) is 15.5. The standard InChI is InChI=1S/C21H26O6/c1-25-15-27-19(14-22)20(21(23)24)26-12-6-2-3-7-16-10-11-17-8-4-5-9-18(17)13-16/h4-5,8-11,13-14,19-20H,2-3,6-7,12,15H2,1H3,(H,23,24)/t19-,20+/m0/s1. The Morgan fingerprint density at radius 2 is 1.85 bits per heavy atom. The number of aryl methyl sites for hydroxylation is 1. The van der Waals surface area contributed by atoms with Gasteiger partial charge in [-0.2, -0.15) is 0 Å². The summed E-state index contributed by atoms with van der Waals surface area (Å²) in [4.78, 5) is 22.3. The average Bonchev–Trinajstić information content (AvgIpc) is 2.68. The second kappa shape index (κ2) is 11.4. The normalized spacial score (nSPS) is 13.4. The Labute approximate surface area is 159 Å². The average molecular weight is 374 g/mol. The van der Waals surface area contributed by atoms with Gasteiger partial charge in [-0.1, -0.05) is 48.9 Å². The van der Waals surface area contributed by atoms with Gasteiger partial charge in [0.05, 0.1) is 0 Å². The highest BCUT2D eigenvalue weighted by Crippen LogP contribution is 2.17. The van der Waals surface area contributed by atoms with Crippen molar-refractivity contribution in [3.8, 4) is 0 Å². The van der Waals surface area contributed by atoms with Crippen molar-refractivity contribution in [2.45, 2.75) is 37.9 Å². The summed E-state index contributed by atoms with van der Waals surface area (Å²) in [5, 5.41) is 11.7. The summed E-state index contributed by atoms with van der Waals surface area (Å²) in [6.45, 7) is 0.0949. The highest BCUT2D eigenvalue weighted by Gasteiger charge is 2.29. The Bertz CT molecular complexity index is 729. The molecular formula is C21H26O6. The van der Waals surface area contributed by atoms with Gasteiger partial charge in [0, 0.05) is 13.7 Å². The first-order valence-corrected chi connectivity index (χ1v) is 9.03. The molecule has 0 amide bonds. The smallest absolute Gasteiger partial charge is 0.336 e. The van der Waals surface area contributed by atoms with Gasteiger partial charge in [-0.15, -0.1) is 0 Å². The quantitative estimate of drug-likeness (QED) is 0.329. The second-order valence-electron chi connectivity index (χ2n) is 6.30. The summed E-state index contributed by atoms with van der Waals surface area (Å²) < 4.78 is 15.1. The number of carbonyl (C=O) groups is 2. The summed E-state index contributed by atoms with van der Waals surface area (Å²) in [6, 6.07) is 14.7. The second-order valence-corrected chi connectivity index (χ2v) is 6.30. The van der Waals surface area contributed by atoms with E-state index in [9.17, 15) is 14.7 Å². The van der Waals surface area contributed by atoms with Gasteiger partial charge in [0.2, 0.25) is 0 Å². The van der Waals surface area contributed by atoms with E-state index < -0.39 is 18.2 Å². The van der Waals surface area contributed by atoms with Crippen molar-refractivity contribution in [3.63, 3.8) is 0 Å². The number of carbonyl (C=O) groups excluding carboxylic acids is 1. The van der Waals surface area contributed by atoms with Crippen LogP contribution in [0.4, 0.5) is 0 Å². The van der Waals surface area contributed by atoms with E-state index >= 15 is 0 Å². The fourth-order valence-corrected chi connectivity index (χ4v) is 2.86. The molecule has 0 radical (unpaired) electrons. The van der Waals surface area contributed by atoms with Crippen molar-refractivity contribution < 1.29 is 28.9 Å². The molecule has 0 saturated carbocycles. The molecule has 146 valence electrons. The van der Waals surface area contributed by atoms with Crippen molar-refractivity contribution in [2.24, 2.45) is 0 Å². The van der Waals surface area contributed by atoms with Crippen LogP contribution in [0.5, 0.6) is 0 Å². The first-order valence-electron chi connectivity index (χ1n) is 9.03. The van der Waals surface area contributed by atoms with Gasteiger partial charge in [0.1, 0.15) is 6.79 Å². The molecular weight excluding hydrogens is 348 g/mol. The van der Waals surface area contributed by atoms with Crippen molar-refractivity contribution in [1.29, 1.82) is 0 Å². The van der Waals surface area contributed by atoms with Crippen molar-refractivity contribution in [3.05, 3.63) is 48.0 Å². The van der Waals surface area contributed by atoms with Crippen LogP contribution in [0.2, 0.25) is 0 Å². The van der Waals surface area contributed by atoms with Gasteiger partial charge in [-0.25, -0.2) is 4.79 Å². The van der Waals surface area contributed by atoms with E-state index in [0.717, 1.165) is 19.3 Å². The lowest BCUT2D eigenvalue weighted by Crippen LogP contribution is -2.40. The molecule has 0 aliphatic carbocycles. The lowest BCUT2D eigenvalue weighted by molar-refractivity contribution is -0.172. The number of benzene rings is 2. The molecule has 0 unspecified atom stereocenters. The van der Waals surface area contributed by atoms with Crippen LogP contribution in [0, 0.1) is 0 Å². The maximum atomic E-state index is 11.3. The predicted molar refractivity (Wildman–Crippen MR) is 102 cm³/mol. The molecule has 2 rings (SSSR count). The number of carboxylic acids is 1. The van der Waals surface area contributed by atoms with Crippen molar-refractivity contribution >= 4 is 23.0 Å². The number of hydrogen-bond donors (Lipinski definition) is 1. The molecule has 2 aromatic rings. The molecule has 0 aliphatic rings. The van der Waals surface area contributed by atoms with Crippen LogP contribution in [-0.4, -0.2) is 50.1 Å². The number of ether oxygens (including phenoxy) is 3. The maximum absolute atomic E-state index is 11.3. The number of methoxy groups -OCH3 is 1. The molecule has 27 heavy (non-hydrogen) atoms. The summed E-state index contributed by atoms with van der Waals surface area (Å²) in [5.41, 5.74) is 1.28. The van der Waals surface area contributed by atoms with Crippen LogP contribution in [0.1, 0.15) is 24.8 Å². The third kappa shape index (κ3) is 6.75. The SMILES string of the molecule is COCO[C@@H](C=O)[C@@H](OCCCCCc1ccc2ccccc2c1)C(=O)O. The first kappa shape index (κ1) is 21.0. The fraction of sp³-hybridized carbons (Fsp3) is 0.429. The van der Waals surface area contributed by atoms with Crippen LogP contribution in [-0.2, 0) is 30.2 Å². The zero-order valence-corrected chi connectivity index (χ0v) is 15.5. The summed E-state index contributed by atoms with van der Waals surface area (Å²) >= 11 is 0. The van der Waals surface area contributed by atoms with E-state index in [-0.39, 0.29) is 13.4 Å². The number of aliphatic carboxylic acids is 1. The van der Waals surface area contributed by atoms with Crippen LogP contribution in [0.3, 0.4) is 0 Å². The van der Waals surface area contributed by atoms with Gasteiger partial charge in [-0.05, 0) is 35.6 Å². The number of rotatable bonds is 13. The van der Waals surface area contributed by atoms with Gasteiger partial charge in [0.25, 0.3) is 0 Å². The molecule has 1 N–H and O–H groups in total. The topological polar surface area (TPSA) is 82.1 Å². The minimum atomic E-state index is -1.32.